The van der Waals surface area contributed by atoms with Crippen LogP contribution in [-0.4, -0.2) is 21.2 Å². The van der Waals surface area contributed by atoms with E-state index < -0.39 is 6.10 Å². The summed E-state index contributed by atoms with van der Waals surface area (Å²) in [6.45, 7) is 0. The van der Waals surface area contributed by atoms with Crippen LogP contribution in [0.1, 0.15) is 48.8 Å². The van der Waals surface area contributed by atoms with Gasteiger partial charge in [-0.05, 0) is 50.7 Å². The molecule has 2 aliphatic rings. The van der Waals surface area contributed by atoms with Crippen LogP contribution in [0.4, 0.5) is 10.9 Å². The number of fused-ring (bicyclic) bond motifs is 1. The molecule has 2 heterocycles. The number of pyridine rings is 1. The van der Waals surface area contributed by atoms with Gasteiger partial charge >= 0.3 is 0 Å². The second-order valence-electron chi connectivity index (χ2n) is 5.88. The van der Waals surface area contributed by atoms with Gasteiger partial charge in [0.15, 0.2) is 16.7 Å². The Morgan fingerprint density at radius 3 is 2.95 bits per heavy atom. The molecule has 1 saturated carbocycles. The Hall–Kier alpha value is -1.66. The molecule has 22 heavy (non-hydrogen) atoms. The quantitative estimate of drug-likeness (QED) is 0.902. The first kappa shape index (κ1) is 14.0. The lowest BCUT2D eigenvalue weighted by atomic mass is 9.96. The number of aliphatic hydroxyl groups is 1. The maximum atomic E-state index is 10.0. The van der Waals surface area contributed by atoms with Crippen molar-refractivity contribution in [3.63, 3.8) is 0 Å². The molecule has 0 aromatic carbocycles. The molecule has 2 aromatic rings. The number of anilines is 2. The van der Waals surface area contributed by atoms with Crippen LogP contribution in [0, 0.1) is 0 Å². The number of nitrogens with zero attached hydrogens (tertiary/aromatic N) is 2. The van der Waals surface area contributed by atoms with Gasteiger partial charge in [0.2, 0.25) is 0 Å². The molecular formula is C16H19N3O2S. The minimum Gasteiger partial charge on any atom is -0.487 e. The third-order valence-corrected chi connectivity index (χ3v) is 5.31. The topological polar surface area (TPSA) is 67.3 Å². The Balaban J connectivity index is 1.55. The Morgan fingerprint density at radius 2 is 2.18 bits per heavy atom. The molecule has 0 bridgehead atoms. The third kappa shape index (κ3) is 2.68. The highest BCUT2D eigenvalue weighted by molar-refractivity contribution is 7.15. The van der Waals surface area contributed by atoms with Crippen LogP contribution in [0.3, 0.4) is 0 Å². The van der Waals surface area contributed by atoms with Gasteiger partial charge in [-0.2, -0.15) is 0 Å². The van der Waals surface area contributed by atoms with Crippen molar-refractivity contribution in [2.45, 2.75) is 50.7 Å². The zero-order chi connectivity index (χ0) is 14.9. The SMILES string of the molecule is OC1CCCc2sc(Nc3ncccc3OC3CCC3)nc21. The van der Waals surface area contributed by atoms with Crippen molar-refractivity contribution in [2.24, 2.45) is 0 Å². The van der Waals surface area contributed by atoms with Crippen LogP contribution in [0.2, 0.25) is 0 Å². The van der Waals surface area contributed by atoms with Gasteiger partial charge in [-0.3, -0.25) is 0 Å². The maximum absolute atomic E-state index is 10.0. The smallest absolute Gasteiger partial charge is 0.188 e. The number of hydrogen-bond acceptors (Lipinski definition) is 6. The van der Waals surface area contributed by atoms with Gasteiger partial charge in [0.05, 0.1) is 17.9 Å². The summed E-state index contributed by atoms with van der Waals surface area (Å²) in [4.78, 5) is 10.1. The minimum atomic E-state index is -0.426. The summed E-state index contributed by atoms with van der Waals surface area (Å²) >= 11 is 1.60. The van der Waals surface area contributed by atoms with Crippen molar-refractivity contribution in [1.29, 1.82) is 0 Å². The van der Waals surface area contributed by atoms with Gasteiger partial charge in [0.1, 0.15) is 0 Å². The fourth-order valence-corrected chi connectivity index (χ4v) is 3.86. The summed E-state index contributed by atoms with van der Waals surface area (Å²) in [5.74, 6) is 1.48. The molecule has 1 unspecified atom stereocenters. The molecule has 4 rings (SSSR count). The summed E-state index contributed by atoms with van der Waals surface area (Å²) in [6.07, 6.45) is 7.94. The summed E-state index contributed by atoms with van der Waals surface area (Å²) in [5.41, 5.74) is 0.830. The zero-order valence-electron chi connectivity index (χ0n) is 12.3. The standard InChI is InChI=1S/C16H19N3O2S/c20-11-6-2-8-13-14(11)18-16(22-13)19-15-12(7-3-9-17-15)21-10-4-1-5-10/h3,7,9-11,20H,1-2,4-6,8H2,(H,17,18,19). The van der Waals surface area contributed by atoms with Crippen LogP contribution in [0.5, 0.6) is 5.75 Å². The second kappa shape index (κ2) is 5.85. The lowest BCUT2D eigenvalue weighted by Crippen LogP contribution is -2.25. The molecule has 0 saturated heterocycles. The monoisotopic (exact) mass is 317 g/mol. The molecule has 0 radical (unpaired) electrons. The van der Waals surface area contributed by atoms with E-state index in [-0.39, 0.29) is 0 Å². The molecule has 0 spiro atoms. The molecule has 2 N–H and O–H groups in total. The molecule has 0 amide bonds. The Bertz CT molecular complexity index is 669. The third-order valence-electron chi connectivity index (χ3n) is 4.27. The second-order valence-corrected chi connectivity index (χ2v) is 6.96. The van der Waals surface area contributed by atoms with Crippen molar-refractivity contribution < 1.29 is 9.84 Å². The van der Waals surface area contributed by atoms with Crippen molar-refractivity contribution in [3.05, 3.63) is 28.9 Å². The maximum Gasteiger partial charge on any atom is 0.188 e. The minimum absolute atomic E-state index is 0.316. The lowest BCUT2D eigenvalue weighted by molar-refractivity contribution is 0.121. The molecule has 2 aliphatic carbocycles. The summed E-state index contributed by atoms with van der Waals surface area (Å²) in [6, 6.07) is 3.83. The van der Waals surface area contributed by atoms with E-state index in [1.807, 2.05) is 12.1 Å². The Kier molecular flexibility index (Phi) is 3.72. The Labute approximate surface area is 133 Å². The van der Waals surface area contributed by atoms with Gasteiger partial charge in [0.25, 0.3) is 0 Å². The first-order chi connectivity index (χ1) is 10.8. The van der Waals surface area contributed by atoms with E-state index in [2.05, 4.69) is 15.3 Å². The number of nitrogens with one attached hydrogen (secondary N) is 1. The fourth-order valence-electron chi connectivity index (χ4n) is 2.80. The molecule has 1 atom stereocenters. The number of hydrogen-bond donors (Lipinski definition) is 2. The molecular weight excluding hydrogens is 298 g/mol. The van der Waals surface area contributed by atoms with Crippen LogP contribution in [0.15, 0.2) is 18.3 Å². The van der Waals surface area contributed by atoms with Crippen molar-refractivity contribution in [1.82, 2.24) is 9.97 Å². The van der Waals surface area contributed by atoms with E-state index in [1.165, 1.54) is 11.3 Å². The normalized spacial score (nSPS) is 21.0. The molecule has 0 aliphatic heterocycles. The van der Waals surface area contributed by atoms with E-state index in [9.17, 15) is 5.11 Å². The predicted molar refractivity (Wildman–Crippen MR) is 85.8 cm³/mol. The highest BCUT2D eigenvalue weighted by Gasteiger charge is 2.24. The summed E-state index contributed by atoms with van der Waals surface area (Å²) in [7, 11) is 0. The largest absolute Gasteiger partial charge is 0.487 e. The number of ether oxygens (including phenoxy) is 1. The predicted octanol–water partition coefficient (Wildman–Crippen LogP) is 3.58. The number of aryl methyl sites for hydroxylation is 1. The molecule has 1 fully saturated rings. The number of thiazole rings is 1. The zero-order valence-corrected chi connectivity index (χ0v) is 13.1. The number of aromatic nitrogens is 2. The van der Waals surface area contributed by atoms with Crippen LogP contribution < -0.4 is 10.1 Å². The van der Waals surface area contributed by atoms with Crippen molar-refractivity contribution in [3.8, 4) is 5.75 Å². The van der Waals surface area contributed by atoms with Gasteiger partial charge in [-0.25, -0.2) is 9.97 Å². The van der Waals surface area contributed by atoms with Gasteiger partial charge in [-0.1, -0.05) is 0 Å². The van der Waals surface area contributed by atoms with Crippen molar-refractivity contribution >= 4 is 22.3 Å². The van der Waals surface area contributed by atoms with E-state index in [0.29, 0.717) is 11.9 Å². The van der Waals surface area contributed by atoms with Crippen molar-refractivity contribution in [2.75, 3.05) is 5.32 Å². The Morgan fingerprint density at radius 1 is 1.27 bits per heavy atom. The first-order valence-corrected chi connectivity index (χ1v) is 8.67. The van der Waals surface area contributed by atoms with E-state index in [4.69, 9.17) is 4.74 Å². The van der Waals surface area contributed by atoms with Gasteiger partial charge in [0, 0.05) is 11.1 Å². The molecule has 6 heteroatoms. The molecule has 116 valence electrons. The summed E-state index contributed by atoms with van der Waals surface area (Å²) in [5, 5.41) is 14.1. The first-order valence-electron chi connectivity index (χ1n) is 7.86. The highest BCUT2D eigenvalue weighted by Crippen LogP contribution is 2.37. The average molecular weight is 317 g/mol. The average Bonchev–Trinajstić information content (AvgIpc) is 2.88. The number of aliphatic hydroxyl groups excluding tert-OH is 1. The molecule has 5 nitrogen and oxygen atoms in total. The fraction of sp³-hybridized carbons (Fsp3) is 0.500. The molecule has 2 aromatic heterocycles. The van der Waals surface area contributed by atoms with Crippen LogP contribution in [0.25, 0.3) is 0 Å². The highest BCUT2D eigenvalue weighted by atomic mass is 32.1. The lowest BCUT2D eigenvalue weighted by Gasteiger charge is -2.27. The summed E-state index contributed by atoms with van der Waals surface area (Å²) < 4.78 is 5.98. The van der Waals surface area contributed by atoms with Crippen LogP contribution >= 0.6 is 11.3 Å². The van der Waals surface area contributed by atoms with Gasteiger partial charge < -0.3 is 15.2 Å². The van der Waals surface area contributed by atoms with E-state index in [0.717, 1.165) is 48.7 Å². The van der Waals surface area contributed by atoms with E-state index >= 15 is 0 Å². The van der Waals surface area contributed by atoms with Gasteiger partial charge in [-0.15, -0.1) is 11.3 Å². The van der Waals surface area contributed by atoms with E-state index in [1.54, 1.807) is 17.5 Å². The van der Waals surface area contributed by atoms with Crippen LogP contribution in [-0.2, 0) is 6.42 Å². The number of rotatable bonds is 4.